The van der Waals surface area contributed by atoms with Gasteiger partial charge in [0.25, 0.3) is 6.01 Å². The number of nitriles is 1. The van der Waals surface area contributed by atoms with E-state index in [-0.39, 0.29) is 6.01 Å². The zero-order chi connectivity index (χ0) is 9.42. The summed E-state index contributed by atoms with van der Waals surface area (Å²) in [5, 5.41) is 11.5. The van der Waals surface area contributed by atoms with E-state index < -0.39 is 0 Å². The Balaban J connectivity index is 2.48. The molecule has 6 nitrogen and oxygen atoms in total. The first-order chi connectivity index (χ1) is 6.22. The predicted octanol–water partition coefficient (Wildman–Crippen LogP) is 0.375. The first kappa shape index (κ1) is 7.49. The lowest BCUT2D eigenvalue weighted by Gasteiger charge is -2.25. The average Bonchev–Trinajstić information content (AvgIpc) is 2.47. The predicted molar refractivity (Wildman–Crippen MR) is 45.8 cm³/mol. The summed E-state index contributed by atoms with van der Waals surface area (Å²) in [7, 11) is 1.69. The molecule has 1 aliphatic heterocycles. The van der Waals surface area contributed by atoms with Crippen molar-refractivity contribution < 1.29 is 4.42 Å². The average molecular weight is 177 g/mol. The molecule has 0 saturated carbocycles. The Hall–Kier alpha value is -2.16. The summed E-state index contributed by atoms with van der Waals surface area (Å²) in [5.41, 5.74) is 6.00. The SMILES string of the molecule is CN1c2oc(N)nc2C=CN1C#N. The number of hydrogen-bond acceptors (Lipinski definition) is 6. The second-order valence-electron chi connectivity index (χ2n) is 2.53. The summed E-state index contributed by atoms with van der Waals surface area (Å²) in [6.07, 6.45) is 5.20. The second kappa shape index (κ2) is 2.42. The standard InChI is InChI=1S/C7H7N5O/c1-11-6-5(10-7(9)13-6)2-3-12(11)4-8/h2-3H,1H3,(H2,9,10). The molecule has 1 aromatic rings. The molecule has 0 fully saturated rings. The number of nitrogens with two attached hydrogens (primary N) is 1. The zero-order valence-electron chi connectivity index (χ0n) is 6.93. The number of rotatable bonds is 0. The maximum Gasteiger partial charge on any atom is 0.294 e. The van der Waals surface area contributed by atoms with Crippen LogP contribution in [-0.2, 0) is 0 Å². The fourth-order valence-electron chi connectivity index (χ4n) is 1.12. The van der Waals surface area contributed by atoms with Gasteiger partial charge in [0.05, 0.1) is 0 Å². The fourth-order valence-corrected chi connectivity index (χ4v) is 1.12. The zero-order valence-corrected chi connectivity index (χ0v) is 6.93. The first-order valence-electron chi connectivity index (χ1n) is 3.59. The Morgan fingerprint density at radius 1 is 1.69 bits per heavy atom. The Labute approximate surface area is 74.4 Å². The smallest absolute Gasteiger partial charge is 0.294 e. The van der Waals surface area contributed by atoms with Crippen molar-refractivity contribution in [2.75, 3.05) is 17.8 Å². The van der Waals surface area contributed by atoms with Crippen LogP contribution in [-0.4, -0.2) is 17.0 Å². The van der Waals surface area contributed by atoms with Crippen LogP contribution in [0.1, 0.15) is 5.69 Å². The number of nitrogen functional groups attached to an aromatic ring is 1. The third-order valence-corrected chi connectivity index (χ3v) is 1.74. The van der Waals surface area contributed by atoms with Crippen LogP contribution < -0.4 is 10.7 Å². The molecule has 0 aromatic carbocycles. The topological polar surface area (TPSA) is 82.3 Å². The Kier molecular flexibility index (Phi) is 1.39. The maximum absolute atomic E-state index is 8.68. The molecular formula is C7H7N5O. The largest absolute Gasteiger partial charge is 0.405 e. The summed E-state index contributed by atoms with van der Waals surface area (Å²) < 4.78 is 5.10. The minimum absolute atomic E-state index is 0.0984. The molecule has 0 radical (unpaired) electrons. The van der Waals surface area contributed by atoms with Gasteiger partial charge in [-0.15, -0.1) is 0 Å². The van der Waals surface area contributed by atoms with Crippen LogP contribution in [0.5, 0.6) is 0 Å². The molecule has 0 spiro atoms. The highest BCUT2D eigenvalue weighted by atomic mass is 16.4. The van der Waals surface area contributed by atoms with Crippen LogP contribution in [0.15, 0.2) is 10.6 Å². The van der Waals surface area contributed by atoms with Crippen molar-refractivity contribution in [3.63, 3.8) is 0 Å². The van der Waals surface area contributed by atoms with Gasteiger partial charge < -0.3 is 10.2 Å². The van der Waals surface area contributed by atoms with E-state index in [1.165, 1.54) is 10.0 Å². The van der Waals surface area contributed by atoms with Crippen molar-refractivity contribution in [1.82, 2.24) is 9.99 Å². The van der Waals surface area contributed by atoms with Gasteiger partial charge in [-0.3, -0.25) is 0 Å². The summed E-state index contributed by atoms with van der Waals surface area (Å²) in [4.78, 5) is 3.92. The van der Waals surface area contributed by atoms with E-state index in [1.807, 2.05) is 6.19 Å². The molecule has 2 heterocycles. The van der Waals surface area contributed by atoms with Gasteiger partial charge in [-0.25, -0.2) is 5.01 Å². The minimum Gasteiger partial charge on any atom is -0.405 e. The number of nitrogens with zero attached hydrogens (tertiary/aromatic N) is 4. The molecule has 2 N–H and O–H groups in total. The van der Waals surface area contributed by atoms with Crippen molar-refractivity contribution >= 4 is 18.0 Å². The summed E-state index contributed by atoms with van der Waals surface area (Å²) in [6, 6.07) is 0.0984. The van der Waals surface area contributed by atoms with Crippen LogP contribution in [0.3, 0.4) is 0 Å². The second-order valence-corrected chi connectivity index (χ2v) is 2.53. The van der Waals surface area contributed by atoms with Crippen molar-refractivity contribution in [2.45, 2.75) is 0 Å². The number of hydrogen-bond donors (Lipinski definition) is 1. The minimum atomic E-state index is 0.0984. The number of oxazole rings is 1. The van der Waals surface area contributed by atoms with Gasteiger partial charge in [0.2, 0.25) is 12.1 Å². The number of fused-ring (bicyclic) bond motifs is 1. The van der Waals surface area contributed by atoms with Gasteiger partial charge in [-0.05, 0) is 6.08 Å². The lowest BCUT2D eigenvalue weighted by molar-refractivity contribution is 0.447. The fraction of sp³-hybridized carbons (Fsp3) is 0.143. The number of hydrazine groups is 1. The number of aromatic nitrogens is 1. The van der Waals surface area contributed by atoms with Crippen LogP contribution in [0.25, 0.3) is 6.08 Å². The molecule has 13 heavy (non-hydrogen) atoms. The van der Waals surface area contributed by atoms with Gasteiger partial charge in [0, 0.05) is 13.2 Å². The van der Waals surface area contributed by atoms with Gasteiger partial charge in [-0.2, -0.15) is 15.3 Å². The van der Waals surface area contributed by atoms with E-state index in [1.54, 1.807) is 19.3 Å². The Morgan fingerprint density at radius 2 is 2.46 bits per heavy atom. The molecule has 0 aliphatic carbocycles. The van der Waals surface area contributed by atoms with Crippen molar-refractivity contribution in [3.05, 3.63) is 11.9 Å². The van der Waals surface area contributed by atoms with E-state index >= 15 is 0 Å². The van der Waals surface area contributed by atoms with E-state index in [2.05, 4.69) is 4.98 Å². The monoisotopic (exact) mass is 177 g/mol. The Morgan fingerprint density at radius 3 is 3.15 bits per heavy atom. The van der Waals surface area contributed by atoms with Crippen LogP contribution in [0, 0.1) is 11.5 Å². The van der Waals surface area contributed by atoms with Gasteiger partial charge in [0.1, 0.15) is 5.69 Å². The quantitative estimate of drug-likeness (QED) is 0.576. The summed E-state index contributed by atoms with van der Waals surface area (Å²) in [5.74, 6) is 0.474. The van der Waals surface area contributed by atoms with Gasteiger partial charge in [0.15, 0.2) is 0 Å². The molecule has 0 saturated heterocycles. The molecule has 0 unspecified atom stereocenters. The molecule has 0 atom stereocenters. The lowest BCUT2D eigenvalue weighted by Crippen LogP contribution is -2.33. The van der Waals surface area contributed by atoms with Gasteiger partial charge >= 0.3 is 0 Å². The van der Waals surface area contributed by atoms with Crippen LogP contribution in [0.2, 0.25) is 0 Å². The van der Waals surface area contributed by atoms with Crippen molar-refractivity contribution in [2.24, 2.45) is 0 Å². The number of anilines is 2. The maximum atomic E-state index is 8.68. The molecule has 0 bridgehead atoms. The summed E-state index contributed by atoms with van der Waals surface area (Å²) >= 11 is 0. The summed E-state index contributed by atoms with van der Waals surface area (Å²) in [6.45, 7) is 0. The third kappa shape index (κ3) is 0.980. The molecular weight excluding hydrogens is 170 g/mol. The highest BCUT2D eigenvalue weighted by Gasteiger charge is 2.21. The Bertz CT molecular complexity index is 402. The van der Waals surface area contributed by atoms with Crippen molar-refractivity contribution in [1.29, 1.82) is 5.26 Å². The van der Waals surface area contributed by atoms with Crippen molar-refractivity contribution in [3.8, 4) is 6.19 Å². The van der Waals surface area contributed by atoms with E-state index in [0.29, 0.717) is 11.6 Å². The molecule has 2 rings (SSSR count). The highest BCUT2D eigenvalue weighted by molar-refractivity contribution is 5.63. The first-order valence-corrected chi connectivity index (χ1v) is 3.59. The van der Waals surface area contributed by atoms with Gasteiger partial charge in [-0.1, -0.05) is 0 Å². The van der Waals surface area contributed by atoms with E-state index in [4.69, 9.17) is 15.4 Å². The lowest BCUT2D eigenvalue weighted by atomic mass is 10.4. The molecule has 0 amide bonds. The molecule has 6 heteroatoms. The van der Waals surface area contributed by atoms with E-state index in [9.17, 15) is 0 Å². The highest BCUT2D eigenvalue weighted by Crippen LogP contribution is 2.28. The van der Waals surface area contributed by atoms with E-state index in [0.717, 1.165) is 0 Å². The normalized spacial score (nSPS) is 14.2. The van der Waals surface area contributed by atoms with Crippen LogP contribution in [0.4, 0.5) is 11.9 Å². The molecule has 1 aliphatic rings. The molecule has 66 valence electrons. The third-order valence-electron chi connectivity index (χ3n) is 1.74. The molecule has 1 aromatic heterocycles. The van der Waals surface area contributed by atoms with Crippen LogP contribution >= 0.6 is 0 Å².